The van der Waals surface area contributed by atoms with Crippen molar-refractivity contribution < 1.29 is 36.7 Å². The average Bonchev–Trinajstić information content (AvgIpc) is 3.76. The van der Waals surface area contributed by atoms with Gasteiger partial charge in [-0.05, 0) is 74.5 Å². The van der Waals surface area contributed by atoms with Gasteiger partial charge in [0.15, 0.2) is 11.7 Å². The molecule has 1 saturated carbocycles. The molecule has 0 bridgehead atoms. The van der Waals surface area contributed by atoms with E-state index in [1.54, 1.807) is 13.0 Å². The quantitative estimate of drug-likeness (QED) is 0.287. The molecule has 3 heterocycles. The van der Waals surface area contributed by atoms with Crippen LogP contribution in [0.3, 0.4) is 0 Å². The van der Waals surface area contributed by atoms with Gasteiger partial charge in [-0.2, -0.15) is 17.5 Å². The molecule has 2 fully saturated rings. The third kappa shape index (κ3) is 7.07. The summed E-state index contributed by atoms with van der Waals surface area (Å²) in [5.41, 5.74) is 4.68. The largest absolute Gasteiger partial charge is 0.464 e. The Balaban J connectivity index is 1.54. The second-order valence-electron chi connectivity index (χ2n) is 11.0. The lowest BCUT2D eigenvalue weighted by atomic mass is 9.95. The minimum Gasteiger partial charge on any atom is -0.464 e. The number of furan rings is 1. The number of aryl methyl sites for hydroxylation is 1. The maximum Gasteiger partial charge on any atom is 0.416 e. The summed E-state index contributed by atoms with van der Waals surface area (Å²) in [7, 11) is 0. The fourth-order valence-corrected chi connectivity index (χ4v) is 6.27. The van der Waals surface area contributed by atoms with E-state index in [0.29, 0.717) is 23.9 Å². The number of rotatable bonds is 9. The van der Waals surface area contributed by atoms with Gasteiger partial charge in [-0.25, -0.2) is 0 Å². The van der Waals surface area contributed by atoms with Gasteiger partial charge in [0, 0.05) is 24.9 Å². The number of anilines is 2. The summed E-state index contributed by atoms with van der Waals surface area (Å²) >= 11 is 0.639. The van der Waals surface area contributed by atoms with Crippen molar-refractivity contribution in [3.8, 4) is 0 Å². The number of benzene rings is 1. The summed E-state index contributed by atoms with van der Waals surface area (Å²) in [5.74, 6) is -1.70. The Morgan fingerprint density at radius 1 is 1.11 bits per heavy atom. The van der Waals surface area contributed by atoms with Crippen molar-refractivity contribution >= 4 is 40.6 Å². The zero-order chi connectivity index (χ0) is 31.4. The van der Waals surface area contributed by atoms with Crippen LogP contribution in [0.25, 0.3) is 0 Å². The highest BCUT2D eigenvalue weighted by molar-refractivity contribution is 7.09. The van der Waals surface area contributed by atoms with Crippen molar-refractivity contribution in [3.05, 3.63) is 64.1 Å². The predicted octanol–water partition coefficient (Wildman–Crippen LogP) is 5.39. The molecule has 14 heteroatoms. The van der Waals surface area contributed by atoms with E-state index in [1.807, 2.05) is 0 Å². The molecule has 3 aromatic rings. The highest BCUT2D eigenvalue weighted by atomic mass is 32.1. The molecular weight excluding hydrogens is 599 g/mol. The Bertz CT molecular complexity index is 1490. The van der Waals surface area contributed by atoms with Gasteiger partial charge < -0.3 is 25.5 Å². The number of ether oxygens (including phenoxy) is 1. The molecule has 1 aliphatic carbocycles. The van der Waals surface area contributed by atoms with E-state index >= 15 is 0 Å². The second kappa shape index (κ2) is 13.4. The molecule has 5 rings (SSSR count). The first-order chi connectivity index (χ1) is 21.0. The Morgan fingerprint density at radius 3 is 2.55 bits per heavy atom. The van der Waals surface area contributed by atoms with E-state index in [4.69, 9.17) is 14.9 Å². The molecule has 10 nitrogen and oxygen atoms in total. The van der Waals surface area contributed by atoms with Gasteiger partial charge in [-0.1, -0.05) is 25.3 Å². The van der Waals surface area contributed by atoms with Crippen molar-refractivity contribution in [2.75, 3.05) is 23.8 Å². The number of carbonyl (C=O) groups is 3. The van der Waals surface area contributed by atoms with Crippen LogP contribution in [0.1, 0.15) is 88.2 Å². The van der Waals surface area contributed by atoms with E-state index in [2.05, 4.69) is 15.0 Å². The Morgan fingerprint density at radius 2 is 1.89 bits per heavy atom. The van der Waals surface area contributed by atoms with Crippen molar-refractivity contribution in [1.82, 2.24) is 15.0 Å². The van der Waals surface area contributed by atoms with Gasteiger partial charge in [-0.3, -0.25) is 19.3 Å². The number of aromatic nitrogens is 1. The van der Waals surface area contributed by atoms with Crippen LogP contribution in [0.2, 0.25) is 0 Å². The van der Waals surface area contributed by atoms with Crippen LogP contribution >= 0.6 is 11.5 Å². The van der Waals surface area contributed by atoms with E-state index in [-0.39, 0.29) is 46.4 Å². The number of amides is 3. The number of nitrogen functional groups attached to an aromatic ring is 1. The van der Waals surface area contributed by atoms with Crippen LogP contribution in [0.15, 0.2) is 40.8 Å². The Labute approximate surface area is 256 Å². The van der Waals surface area contributed by atoms with Crippen molar-refractivity contribution in [1.29, 1.82) is 0 Å². The predicted molar refractivity (Wildman–Crippen MR) is 157 cm³/mol. The summed E-state index contributed by atoms with van der Waals surface area (Å²) in [6.07, 6.45) is 1.28. The van der Waals surface area contributed by atoms with Crippen LogP contribution < -0.4 is 21.3 Å². The molecule has 2 aromatic heterocycles. The lowest BCUT2D eigenvalue weighted by molar-refractivity contribution is -0.137. The molecule has 0 unspecified atom stereocenters. The van der Waals surface area contributed by atoms with Crippen molar-refractivity contribution in [2.24, 2.45) is 0 Å². The van der Waals surface area contributed by atoms with Gasteiger partial charge in [0.2, 0.25) is 0 Å². The SMILES string of the molecule is Cc1ccc([C@H](C(=O)NC[C@@H]2CCCO2)N(C(=O)c2snc(C(=O)NC3CCCCC3)c2N)c2cccc(C(F)(F)F)c2)o1. The molecule has 2 aliphatic rings. The molecule has 1 aromatic carbocycles. The molecule has 1 saturated heterocycles. The van der Waals surface area contributed by atoms with E-state index in [9.17, 15) is 27.6 Å². The zero-order valence-electron chi connectivity index (χ0n) is 24.1. The highest BCUT2D eigenvalue weighted by Gasteiger charge is 2.40. The van der Waals surface area contributed by atoms with Crippen LogP contribution in [-0.4, -0.2) is 47.4 Å². The maximum atomic E-state index is 14.3. The molecule has 44 heavy (non-hydrogen) atoms. The molecule has 0 spiro atoms. The lowest BCUT2D eigenvalue weighted by Gasteiger charge is -2.30. The summed E-state index contributed by atoms with van der Waals surface area (Å²) in [4.78, 5) is 41.9. The van der Waals surface area contributed by atoms with Crippen LogP contribution in [0.4, 0.5) is 24.5 Å². The van der Waals surface area contributed by atoms with Gasteiger partial charge in [-0.15, -0.1) is 0 Å². The first kappa shape index (κ1) is 31.5. The monoisotopic (exact) mass is 633 g/mol. The molecule has 1 aliphatic heterocycles. The Kier molecular flexibility index (Phi) is 9.59. The first-order valence-corrected chi connectivity index (χ1v) is 15.3. The number of nitrogens with one attached hydrogen (secondary N) is 2. The van der Waals surface area contributed by atoms with Crippen LogP contribution in [0, 0.1) is 6.92 Å². The fourth-order valence-electron chi connectivity index (χ4n) is 5.53. The number of carbonyl (C=O) groups excluding carboxylic acids is 3. The summed E-state index contributed by atoms with van der Waals surface area (Å²) in [5, 5.41) is 5.68. The number of nitrogens with two attached hydrogens (primary N) is 1. The molecule has 236 valence electrons. The van der Waals surface area contributed by atoms with Crippen LogP contribution in [0.5, 0.6) is 0 Å². The average molecular weight is 634 g/mol. The summed E-state index contributed by atoms with van der Waals surface area (Å²) in [6, 6.07) is 5.58. The third-order valence-corrected chi connectivity index (χ3v) is 8.66. The molecule has 3 amide bonds. The smallest absolute Gasteiger partial charge is 0.416 e. The van der Waals surface area contributed by atoms with Crippen molar-refractivity contribution in [2.45, 2.75) is 76.2 Å². The second-order valence-corrected chi connectivity index (χ2v) is 11.8. The number of hydrogen-bond acceptors (Lipinski definition) is 8. The molecule has 2 atom stereocenters. The third-order valence-electron chi connectivity index (χ3n) is 7.81. The van der Waals surface area contributed by atoms with Crippen molar-refractivity contribution in [3.63, 3.8) is 0 Å². The minimum atomic E-state index is -4.72. The topological polar surface area (TPSA) is 140 Å². The van der Waals surface area contributed by atoms with E-state index in [1.165, 1.54) is 12.1 Å². The maximum absolute atomic E-state index is 14.3. The van der Waals surface area contributed by atoms with E-state index in [0.717, 1.165) is 68.0 Å². The highest BCUT2D eigenvalue weighted by Crippen LogP contribution is 2.37. The number of hydrogen-bond donors (Lipinski definition) is 3. The normalized spacial score (nSPS) is 18.1. The zero-order valence-corrected chi connectivity index (χ0v) is 24.9. The fraction of sp³-hybridized carbons (Fsp3) is 0.467. The summed E-state index contributed by atoms with van der Waals surface area (Å²) in [6.45, 7) is 2.32. The number of halogens is 3. The van der Waals surface area contributed by atoms with Gasteiger partial charge in [0.1, 0.15) is 16.4 Å². The standard InChI is InChI=1S/C30H34F3N5O5S/c1-17-12-13-22(43-17)25(28(40)35-16-21-11-6-14-42-21)38(20-10-5-7-18(15-20)30(31,32)33)29(41)26-23(34)24(37-44-26)27(39)36-19-8-3-2-4-9-19/h5,7,10,12-13,15,19,21,25H,2-4,6,8-9,11,14,16,34H2,1H3,(H,35,40)(H,36,39)/t21-,25+/m0/s1. The number of nitrogens with zero attached hydrogens (tertiary/aromatic N) is 2. The molecular formula is C30H34F3N5O5S. The van der Waals surface area contributed by atoms with Gasteiger partial charge in [0.05, 0.1) is 17.4 Å². The van der Waals surface area contributed by atoms with E-state index < -0.39 is 35.5 Å². The minimum absolute atomic E-state index is 0.0245. The molecule has 0 radical (unpaired) electrons. The molecule has 4 N–H and O–H groups in total. The lowest BCUT2D eigenvalue weighted by Crippen LogP contribution is -2.45. The Hall–Kier alpha value is -3.91. The number of alkyl halides is 3. The first-order valence-electron chi connectivity index (χ1n) is 14.6. The van der Waals surface area contributed by atoms with Crippen LogP contribution in [-0.2, 0) is 15.7 Å². The van der Waals surface area contributed by atoms with Gasteiger partial charge in [0.25, 0.3) is 17.7 Å². The summed E-state index contributed by atoms with van der Waals surface area (Å²) < 4.78 is 56.9. The van der Waals surface area contributed by atoms with Gasteiger partial charge >= 0.3 is 6.18 Å².